The van der Waals surface area contributed by atoms with Gasteiger partial charge in [0.1, 0.15) is 6.17 Å². The summed E-state index contributed by atoms with van der Waals surface area (Å²) in [5.74, 6) is 0. The molecular weight excluding hydrogens is 601 g/mol. The van der Waals surface area contributed by atoms with Gasteiger partial charge in [-0.2, -0.15) is 0 Å². The second-order valence-electron chi connectivity index (χ2n) is 12.2. The summed E-state index contributed by atoms with van der Waals surface area (Å²) in [7, 11) is 0. The van der Waals surface area contributed by atoms with Gasteiger partial charge in [-0.1, -0.05) is 140 Å². The van der Waals surface area contributed by atoms with Crippen molar-refractivity contribution in [2.24, 2.45) is 0 Å². The maximum atomic E-state index is 3.98. The Kier molecular flexibility index (Phi) is 7.10. The summed E-state index contributed by atoms with van der Waals surface area (Å²) >= 11 is 1.85. The van der Waals surface area contributed by atoms with Gasteiger partial charge < -0.3 is 10.2 Å². The molecule has 1 aromatic heterocycles. The smallest absolute Gasteiger partial charge is 0.123 e. The highest BCUT2D eigenvalue weighted by molar-refractivity contribution is 7.20. The summed E-state index contributed by atoms with van der Waals surface area (Å²) in [4.78, 5) is 3.70. The molecule has 0 fully saturated rings. The van der Waals surface area contributed by atoms with Crippen LogP contribution in [0, 0.1) is 0 Å². The summed E-state index contributed by atoms with van der Waals surface area (Å²) in [6.45, 7) is 0. The van der Waals surface area contributed by atoms with E-state index in [-0.39, 0.29) is 6.17 Å². The van der Waals surface area contributed by atoms with Crippen LogP contribution in [0.3, 0.4) is 0 Å². The molecule has 0 aliphatic carbocycles. The van der Waals surface area contributed by atoms with Crippen molar-refractivity contribution < 1.29 is 0 Å². The molecule has 0 radical (unpaired) electrons. The van der Waals surface area contributed by atoms with E-state index in [2.05, 4.69) is 192 Å². The van der Waals surface area contributed by atoms with Crippen LogP contribution in [-0.2, 0) is 0 Å². The van der Waals surface area contributed by atoms with Crippen LogP contribution in [-0.4, -0.2) is 6.17 Å². The summed E-state index contributed by atoms with van der Waals surface area (Å²) in [5.41, 5.74) is 10.7. The molecule has 1 unspecified atom stereocenters. The second kappa shape index (κ2) is 12.0. The van der Waals surface area contributed by atoms with Gasteiger partial charge in [0.2, 0.25) is 0 Å². The molecule has 9 rings (SSSR count). The first-order valence-corrected chi connectivity index (χ1v) is 17.2. The van der Waals surface area contributed by atoms with E-state index in [9.17, 15) is 0 Å². The first-order chi connectivity index (χ1) is 23.8. The molecule has 228 valence electrons. The lowest BCUT2D eigenvalue weighted by Gasteiger charge is -2.36. The highest BCUT2D eigenvalue weighted by Gasteiger charge is 2.26. The highest BCUT2D eigenvalue weighted by Crippen LogP contribution is 2.44. The zero-order chi connectivity index (χ0) is 31.9. The van der Waals surface area contributed by atoms with Crippen LogP contribution in [0.1, 0.15) is 4.88 Å². The lowest BCUT2D eigenvalue weighted by atomic mass is 9.99. The lowest BCUT2D eigenvalue weighted by molar-refractivity contribution is 0.880. The minimum atomic E-state index is -0.0948. The molecular formula is C45H32N2S. The molecule has 0 amide bonds. The van der Waals surface area contributed by atoms with Crippen LogP contribution in [0.25, 0.3) is 60.3 Å². The minimum Gasteiger partial charge on any atom is -0.360 e. The Labute approximate surface area is 284 Å². The zero-order valence-corrected chi connectivity index (χ0v) is 27.1. The van der Waals surface area contributed by atoms with Crippen LogP contribution in [0.4, 0.5) is 17.1 Å². The maximum absolute atomic E-state index is 3.98. The van der Waals surface area contributed by atoms with Crippen molar-refractivity contribution in [2.75, 3.05) is 10.2 Å². The Hall–Kier alpha value is -5.90. The predicted octanol–water partition coefficient (Wildman–Crippen LogP) is 12.7. The van der Waals surface area contributed by atoms with Gasteiger partial charge in [-0.15, -0.1) is 11.3 Å². The van der Waals surface area contributed by atoms with Gasteiger partial charge in [0.25, 0.3) is 0 Å². The molecule has 3 heteroatoms. The summed E-state index contributed by atoms with van der Waals surface area (Å²) in [6.07, 6.45) is 4.50. The molecule has 2 nitrogen and oxygen atoms in total. The van der Waals surface area contributed by atoms with E-state index >= 15 is 0 Å². The van der Waals surface area contributed by atoms with E-state index in [1.807, 2.05) is 11.3 Å². The summed E-state index contributed by atoms with van der Waals surface area (Å²) in [6, 6.07) is 61.1. The largest absolute Gasteiger partial charge is 0.360 e. The maximum Gasteiger partial charge on any atom is 0.123 e. The Morgan fingerprint density at radius 1 is 0.500 bits per heavy atom. The van der Waals surface area contributed by atoms with Crippen LogP contribution >= 0.6 is 11.3 Å². The summed E-state index contributed by atoms with van der Waals surface area (Å²) in [5, 5.41) is 7.79. The number of hydrogen-bond donors (Lipinski definition) is 1. The van der Waals surface area contributed by atoms with Crippen LogP contribution in [0.2, 0.25) is 0 Å². The molecule has 7 aromatic carbocycles. The fourth-order valence-corrected chi connectivity index (χ4v) is 8.00. The van der Waals surface area contributed by atoms with E-state index in [0.29, 0.717) is 0 Å². The monoisotopic (exact) mass is 632 g/mol. The van der Waals surface area contributed by atoms with E-state index in [1.54, 1.807) is 0 Å². The highest BCUT2D eigenvalue weighted by atomic mass is 32.1. The Balaban J connectivity index is 1.12. The third-order valence-electron chi connectivity index (χ3n) is 9.30. The fourth-order valence-electron chi connectivity index (χ4n) is 6.89. The number of hydrogen-bond acceptors (Lipinski definition) is 3. The van der Waals surface area contributed by atoms with Crippen molar-refractivity contribution in [3.8, 4) is 33.4 Å². The second-order valence-corrected chi connectivity index (χ2v) is 13.3. The molecule has 1 aliphatic rings. The molecule has 0 spiro atoms. The third kappa shape index (κ3) is 5.15. The topological polar surface area (TPSA) is 15.3 Å². The molecule has 1 aliphatic heterocycles. The molecule has 1 atom stereocenters. The van der Waals surface area contributed by atoms with E-state index in [4.69, 9.17) is 0 Å². The van der Waals surface area contributed by atoms with Gasteiger partial charge in [-0.25, -0.2) is 0 Å². The van der Waals surface area contributed by atoms with Crippen molar-refractivity contribution in [1.82, 2.24) is 0 Å². The minimum absolute atomic E-state index is 0.0948. The molecule has 48 heavy (non-hydrogen) atoms. The third-order valence-corrected chi connectivity index (χ3v) is 10.4. The molecule has 0 bridgehead atoms. The van der Waals surface area contributed by atoms with Gasteiger partial charge in [0.05, 0.1) is 16.3 Å². The first kappa shape index (κ1) is 28.3. The predicted molar refractivity (Wildman–Crippen MR) is 207 cm³/mol. The number of anilines is 3. The number of benzene rings is 7. The van der Waals surface area contributed by atoms with Gasteiger partial charge in [0.15, 0.2) is 0 Å². The quantitative estimate of drug-likeness (QED) is 0.196. The number of para-hydroxylation sites is 1. The zero-order valence-electron chi connectivity index (χ0n) is 26.3. The fraction of sp³-hybridized carbons (Fsp3) is 0.0222. The number of nitrogens with one attached hydrogen (secondary N) is 1. The van der Waals surface area contributed by atoms with Crippen molar-refractivity contribution in [3.63, 3.8) is 0 Å². The molecule has 2 heterocycles. The van der Waals surface area contributed by atoms with Crippen LogP contribution < -0.4 is 10.2 Å². The van der Waals surface area contributed by atoms with E-state index in [1.165, 1.54) is 64.8 Å². The van der Waals surface area contributed by atoms with E-state index < -0.39 is 0 Å². The van der Waals surface area contributed by atoms with Crippen molar-refractivity contribution in [2.45, 2.75) is 6.17 Å². The van der Waals surface area contributed by atoms with Gasteiger partial charge in [0, 0.05) is 21.3 Å². The van der Waals surface area contributed by atoms with Gasteiger partial charge in [-0.3, -0.25) is 0 Å². The van der Waals surface area contributed by atoms with Crippen molar-refractivity contribution in [3.05, 3.63) is 181 Å². The normalized spacial score (nSPS) is 13.7. The van der Waals surface area contributed by atoms with Crippen molar-refractivity contribution >= 4 is 55.3 Å². The summed E-state index contributed by atoms with van der Waals surface area (Å²) < 4.78 is 1.30. The Morgan fingerprint density at radius 2 is 1.04 bits per heavy atom. The van der Waals surface area contributed by atoms with E-state index in [0.717, 1.165) is 11.4 Å². The molecule has 0 saturated carbocycles. The number of fused-ring (bicyclic) bond motifs is 4. The standard InChI is InChI=1S/C45H32N2S/c1-3-11-31(12-4-1)32-19-21-33(22-20-32)34-23-25-38(26-24-34)47(41-18-10-9-17-39(41)35-13-5-2-6-14-35)44-28-27-42-45(46-44)40-29-36-15-7-8-16-37(36)30-43(40)48-42/h1-30,44,46H. The first-order valence-electron chi connectivity index (χ1n) is 16.4. The number of nitrogens with zero attached hydrogens (tertiary/aromatic N) is 1. The molecule has 8 aromatic rings. The van der Waals surface area contributed by atoms with Crippen molar-refractivity contribution in [1.29, 1.82) is 0 Å². The van der Waals surface area contributed by atoms with Crippen LogP contribution in [0.15, 0.2) is 176 Å². The average molecular weight is 633 g/mol. The average Bonchev–Trinajstić information content (AvgIpc) is 3.52. The number of rotatable bonds is 6. The van der Waals surface area contributed by atoms with Crippen LogP contribution in [0.5, 0.6) is 0 Å². The van der Waals surface area contributed by atoms with Gasteiger partial charge in [-0.05, 0) is 81.1 Å². The SMILES string of the molecule is C1=CC(N(c2ccc(-c3ccc(-c4ccccc4)cc3)cc2)c2ccccc2-c2ccccc2)Nc2c1sc1cc3ccccc3cc21. The van der Waals surface area contributed by atoms with Gasteiger partial charge >= 0.3 is 0 Å². The number of thiophene rings is 1. The Bertz CT molecular complexity index is 2410. The lowest BCUT2D eigenvalue weighted by Crippen LogP contribution is -2.37. The molecule has 1 N–H and O–H groups in total. The molecule has 0 saturated heterocycles. The Morgan fingerprint density at radius 3 is 1.73 bits per heavy atom.